The summed E-state index contributed by atoms with van der Waals surface area (Å²) in [6, 6.07) is 3.48. The van der Waals surface area contributed by atoms with E-state index < -0.39 is 10.8 Å². The molecule has 17 heavy (non-hydrogen) atoms. The maximum Gasteiger partial charge on any atom is 0.150 e. The Kier molecular flexibility index (Phi) is 4.47. The molecule has 0 aromatic carbocycles. The van der Waals surface area contributed by atoms with Gasteiger partial charge in [0, 0.05) is 31.6 Å². The molecule has 1 unspecified atom stereocenters. The molecule has 1 fully saturated rings. The van der Waals surface area contributed by atoms with Crippen molar-refractivity contribution in [2.24, 2.45) is 0 Å². The number of anilines is 1. The Morgan fingerprint density at radius 2 is 2.24 bits per heavy atom. The van der Waals surface area contributed by atoms with Crippen molar-refractivity contribution in [3.8, 4) is 0 Å². The van der Waals surface area contributed by atoms with Gasteiger partial charge in [0.15, 0.2) is 0 Å². The normalized spacial score (nSPS) is 19.1. The van der Waals surface area contributed by atoms with Crippen molar-refractivity contribution in [1.29, 1.82) is 0 Å². The molecule has 0 spiro atoms. The van der Waals surface area contributed by atoms with Crippen molar-refractivity contribution >= 4 is 16.5 Å². The van der Waals surface area contributed by atoms with Gasteiger partial charge in [-0.25, -0.2) is 4.98 Å². The summed E-state index contributed by atoms with van der Waals surface area (Å²) in [5.41, 5.74) is 6.25. The van der Waals surface area contributed by atoms with Gasteiger partial charge < -0.3 is 10.5 Å². The van der Waals surface area contributed by atoms with Crippen molar-refractivity contribution in [1.82, 2.24) is 9.88 Å². The van der Waals surface area contributed by atoms with Gasteiger partial charge in [-0.3, -0.25) is 9.11 Å². The molecule has 5 nitrogen and oxygen atoms in total. The molecule has 0 amide bonds. The van der Waals surface area contributed by atoms with Crippen molar-refractivity contribution in [3.63, 3.8) is 0 Å². The van der Waals surface area contributed by atoms with Crippen molar-refractivity contribution in [2.45, 2.75) is 5.03 Å². The summed E-state index contributed by atoms with van der Waals surface area (Å²) in [5, 5.41) is 0.501. The minimum absolute atomic E-state index is 0.501. The van der Waals surface area contributed by atoms with E-state index in [0.717, 1.165) is 32.8 Å². The topological polar surface area (TPSA) is 68.5 Å². The second-order valence-corrected chi connectivity index (χ2v) is 5.39. The fraction of sp³-hybridized carbons (Fsp3) is 0.545. The molecule has 1 saturated heterocycles. The molecule has 0 aliphatic carbocycles. The molecule has 2 rings (SSSR count). The average molecular weight is 255 g/mol. The van der Waals surface area contributed by atoms with Gasteiger partial charge in [0.25, 0.3) is 0 Å². The molecule has 1 aliphatic heterocycles. The van der Waals surface area contributed by atoms with Gasteiger partial charge in [0.05, 0.1) is 29.7 Å². The highest BCUT2D eigenvalue weighted by Gasteiger charge is 2.14. The van der Waals surface area contributed by atoms with Gasteiger partial charge in [-0.05, 0) is 12.1 Å². The lowest BCUT2D eigenvalue weighted by molar-refractivity contribution is 0.0409. The molecule has 2 heterocycles. The lowest BCUT2D eigenvalue weighted by Crippen LogP contribution is -2.38. The number of aromatic nitrogens is 1. The van der Waals surface area contributed by atoms with Gasteiger partial charge in [-0.15, -0.1) is 0 Å². The van der Waals surface area contributed by atoms with Crippen LogP contribution >= 0.6 is 0 Å². The largest absolute Gasteiger partial charge is 0.396 e. The van der Waals surface area contributed by atoms with Crippen LogP contribution in [0.25, 0.3) is 0 Å². The van der Waals surface area contributed by atoms with Crippen LogP contribution in [0.5, 0.6) is 0 Å². The monoisotopic (exact) mass is 255 g/mol. The predicted molar refractivity (Wildman–Crippen MR) is 67.2 cm³/mol. The Morgan fingerprint density at radius 3 is 2.94 bits per heavy atom. The fourth-order valence-electron chi connectivity index (χ4n) is 1.73. The lowest BCUT2D eigenvalue weighted by Gasteiger charge is -2.26. The highest BCUT2D eigenvalue weighted by molar-refractivity contribution is 7.85. The summed E-state index contributed by atoms with van der Waals surface area (Å²) in [7, 11) is -1.12. The van der Waals surface area contributed by atoms with Crippen LogP contribution in [0.15, 0.2) is 23.4 Å². The van der Waals surface area contributed by atoms with Crippen LogP contribution in [-0.4, -0.2) is 52.7 Å². The van der Waals surface area contributed by atoms with Crippen molar-refractivity contribution < 1.29 is 8.95 Å². The van der Waals surface area contributed by atoms with E-state index in [1.807, 2.05) is 0 Å². The molecule has 2 N–H and O–H groups in total. The third-order valence-corrected chi connectivity index (χ3v) is 4.04. The van der Waals surface area contributed by atoms with Gasteiger partial charge in [-0.2, -0.15) is 0 Å². The number of nitrogens with zero attached hydrogens (tertiary/aromatic N) is 2. The van der Waals surface area contributed by atoms with E-state index >= 15 is 0 Å². The van der Waals surface area contributed by atoms with Crippen LogP contribution < -0.4 is 5.73 Å². The molecule has 0 saturated carbocycles. The van der Waals surface area contributed by atoms with Gasteiger partial charge in [0.2, 0.25) is 0 Å². The standard InChI is InChI=1S/C11H17N3O2S/c12-10-2-1-3-13-11(10)17(15)9-6-14-4-7-16-8-5-14/h1-3H,4-9,12H2. The molecular weight excluding hydrogens is 238 g/mol. The number of ether oxygens (including phenoxy) is 1. The Balaban J connectivity index is 1.87. The maximum atomic E-state index is 12.0. The first-order chi connectivity index (χ1) is 8.27. The van der Waals surface area contributed by atoms with Crippen molar-refractivity contribution in [2.75, 3.05) is 44.3 Å². The summed E-state index contributed by atoms with van der Waals surface area (Å²) in [4.78, 5) is 6.32. The first kappa shape index (κ1) is 12.5. The Hall–Kier alpha value is -0.980. The van der Waals surface area contributed by atoms with E-state index in [-0.39, 0.29) is 0 Å². The second-order valence-electron chi connectivity index (χ2n) is 3.90. The van der Waals surface area contributed by atoms with Crippen LogP contribution in [0.3, 0.4) is 0 Å². The lowest BCUT2D eigenvalue weighted by atomic mass is 10.4. The number of nitrogen functional groups attached to an aromatic ring is 1. The van der Waals surface area contributed by atoms with Gasteiger partial charge in [0.1, 0.15) is 5.03 Å². The SMILES string of the molecule is Nc1cccnc1S(=O)CCN1CCOCC1. The summed E-state index contributed by atoms with van der Waals surface area (Å²) in [6.07, 6.45) is 1.62. The summed E-state index contributed by atoms with van der Waals surface area (Å²) < 4.78 is 17.3. The third kappa shape index (κ3) is 3.49. The van der Waals surface area contributed by atoms with Gasteiger partial charge >= 0.3 is 0 Å². The summed E-state index contributed by atoms with van der Waals surface area (Å²) >= 11 is 0. The number of hydrogen-bond acceptors (Lipinski definition) is 5. The predicted octanol–water partition coefficient (Wildman–Crippen LogP) is 0.104. The van der Waals surface area contributed by atoms with E-state index in [0.29, 0.717) is 16.5 Å². The average Bonchev–Trinajstić information content (AvgIpc) is 2.38. The smallest absolute Gasteiger partial charge is 0.150 e. The molecule has 1 aromatic heterocycles. The van der Waals surface area contributed by atoms with E-state index in [2.05, 4.69) is 9.88 Å². The Bertz CT molecular complexity index is 394. The first-order valence-corrected chi connectivity index (χ1v) is 6.98. The van der Waals surface area contributed by atoms with Crippen LogP contribution in [0.2, 0.25) is 0 Å². The minimum Gasteiger partial charge on any atom is -0.396 e. The zero-order chi connectivity index (χ0) is 12.1. The minimum atomic E-state index is -1.12. The maximum absolute atomic E-state index is 12.0. The summed E-state index contributed by atoms with van der Waals surface area (Å²) in [6.45, 7) is 4.15. The zero-order valence-electron chi connectivity index (χ0n) is 9.67. The van der Waals surface area contributed by atoms with Gasteiger partial charge in [-0.1, -0.05) is 0 Å². The van der Waals surface area contributed by atoms with E-state index in [1.54, 1.807) is 18.3 Å². The van der Waals surface area contributed by atoms with Crippen molar-refractivity contribution in [3.05, 3.63) is 18.3 Å². The summed E-state index contributed by atoms with van der Waals surface area (Å²) in [5.74, 6) is 0.571. The molecule has 1 aliphatic rings. The molecule has 1 aromatic rings. The molecule has 6 heteroatoms. The highest BCUT2D eigenvalue weighted by atomic mass is 32.2. The third-order valence-electron chi connectivity index (χ3n) is 2.71. The van der Waals surface area contributed by atoms with Crippen LogP contribution in [0.4, 0.5) is 5.69 Å². The molecule has 0 radical (unpaired) electrons. The van der Waals surface area contributed by atoms with E-state index in [9.17, 15) is 4.21 Å². The molecule has 1 atom stereocenters. The fourth-order valence-corrected chi connectivity index (χ4v) is 2.85. The van der Waals surface area contributed by atoms with Crippen LogP contribution in [-0.2, 0) is 15.5 Å². The van der Waals surface area contributed by atoms with Crippen LogP contribution in [0, 0.1) is 0 Å². The Morgan fingerprint density at radius 1 is 1.47 bits per heavy atom. The first-order valence-electron chi connectivity index (χ1n) is 5.66. The zero-order valence-corrected chi connectivity index (χ0v) is 10.5. The number of nitrogens with two attached hydrogens (primary N) is 1. The highest BCUT2D eigenvalue weighted by Crippen LogP contribution is 2.12. The quantitative estimate of drug-likeness (QED) is 0.826. The van der Waals surface area contributed by atoms with Crippen LogP contribution in [0.1, 0.15) is 0 Å². The number of rotatable bonds is 4. The van der Waals surface area contributed by atoms with E-state index in [1.165, 1.54) is 0 Å². The second kappa shape index (κ2) is 6.09. The number of morpholine rings is 1. The van der Waals surface area contributed by atoms with E-state index in [4.69, 9.17) is 10.5 Å². The number of hydrogen-bond donors (Lipinski definition) is 1. The number of pyridine rings is 1. The molecular formula is C11H17N3O2S. The Labute approximate surface area is 103 Å². The molecule has 94 valence electrons. The molecule has 0 bridgehead atoms.